The molecule has 0 saturated carbocycles. The summed E-state index contributed by atoms with van der Waals surface area (Å²) in [7, 11) is 0. The summed E-state index contributed by atoms with van der Waals surface area (Å²) in [5.74, 6) is -1.38. The van der Waals surface area contributed by atoms with Crippen LogP contribution in [0.5, 0.6) is 5.75 Å². The standard InChI is InChI=1S/C31H39N3O6/c1-5-6-11-18-34(29(38)25(20-35)33-30(39)40-31(2,3)4)27(24-14-9-10-15-26(24)36)28(37)32-23-17-16-21-12-7-8-13-22(21)19-23/h7-10,12-17,19,25,27,35-36H,5-6,11,18,20H2,1-4H3,(H,32,37)(H,33,39). The lowest BCUT2D eigenvalue weighted by Gasteiger charge is -2.34. The van der Waals surface area contributed by atoms with Crippen molar-refractivity contribution in [3.63, 3.8) is 0 Å². The molecule has 3 amide bonds. The lowest BCUT2D eigenvalue weighted by molar-refractivity contribution is -0.141. The molecule has 0 fully saturated rings. The molecule has 2 atom stereocenters. The summed E-state index contributed by atoms with van der Waals surface area (Å²) in [5.41, 5.74) is -0.0678. The number of phenols is 1. The number of nitrogens with zero attached hydrogens (tertiary/aromatic N) is 1. The largest absolute Gasteiger partial charge is 0.508 e. The molecular weight excluding hydrogens is 510 g/mol. The first-order valence-electron chi connectivity index (χ1n) is 13.5. The van der Waals surface area contributed by atoms with Gasteiger partial charge in [0, 0.05) is 17.8 Å². The number of unbranched alkanes of at least 4 members (excludes halogenated alkanes) is 2. The van der Waals surface area contributed by atoms with Gasteiger partial charge in [-0.2, -0.15) is 0 Å². The van der Waals surface area contributed by atoms with Crippen LogP contribution in [0.4, 0.5) is 10.5 Å². The van der Waals surface area contributed by atoms with Crippen LogP contribution in [0.25, 0.3) is 10.8 Å². The van der Waals surface area contributed by atoms with Crippen molar-refractivity contribution in [1.29, 1.82) is 0 Å². The number of fused-ring (bicyclic) bond motifs is 1. The number of carbonyl (C=O) groups is 3. The number of amides is 3. The predicted molar refractivity (Wildman–Crippen MR) is 155 cm³/mol. The molecular formula is C31H39N3O6. The Morgan fingerprint density at radius 3 is 2.27 bits per heavy atom. The fourth-order valence-electron chi connectivity index (χ4n) is 4.38. The van der Waals surface area contributed by atoms with E-state index in [4.69, 9.17) is 4.74 Å². The average molecular weight is 550 g/mol. The summed E-state index contributed by atoms with van der Waals surface area (Å²) < 4.78 is 5.27. The van der Waals surface area contributed by atoms with Crippen molar-refractivity contribution in [2.45, 2.75) is 64.6 Å². The molecule has 9 heteroatoms. The van der Waals surface area contributed by atoms with Crippen molar-refractivity contribution in [3.8, 4) is 5.75 Å². The highest BCUT2D eigenvalue weighted by molar-refractivity contribution is 6.00. The number of hydrogen-bond donors (Lipinski definition) is 4. The zero-order valence-corrected chi connectivity index (χ0v) is 23.5. The molecule has 3 aromatic carbocycles. The van der Waals surface area contributed by atoms with Crippen molar-refractivity contribution >= 4 is 34.4 Å². The highest BCUT2D eigenvalue weighted by atomic mass is 16.6. The van der Waals surface area contributed by atoms with Crippen LogP contribution in [-0.4, -0.2) is 57.8 Å². The Balaban J connectivity index is 1.99. The summed E-state index contributed by atoms with van der Waals surface area (Å²) in [6.45, 7) is 6.52. The Hall–Kier alpha value is -4.11. The van der Waals surface area contributed by atoms with Gasteiger partial charge in [-0.25, -0.2) is 4.79 Å². The van der Waals surface area contributed by atoms with Gasteiger partial charge in [-0.15, -0.1) is 0 Å². The van der Waals surface area contributed by atoms with E-state index in [1.165, 1.54) is 11.0 Å². The van der Waals surface area contributed by atoms with Crippen molar-refractivity contribution in [2.75, 3.05) is 18.5 Å². The summed E-state index contributed by atoms with van der Waals surface area (Å²) in [5, 5.41) is 28.1. The number of aromatic hydroxyl groups is 1. The molecule has 3 aromatic rings. The van der Waals surface area contributed by atoms with Gasteiger partial charge in [-0.05, 0) is 56.2 Å². The van der Waals surface area contributed by atoms with Crippen molar-refractivity contribution in [3.05, 3.63) is 72.3 Å². The van der Waals surface area contributed by atoms with Crippen LogP contribution in [-0.2, 0) is 14.3 Å². The zero-order valence-electron chi connectivity index (χ0n) is 23.5. The second-order valence-electron chi connectivity index (χ2n) is 10.6. The number of phenolic OH excluding ortho intramolecular Hbond substituents is 1. The number of para-hydroxylation sites is 1. The van der Waals surface area contributed by atoms with E-state index < -0.39 is 42.2 Å². The number of aliphatic hydroxyl groups excluding tert-OH is 1. The molecule has 0 saturated heterocycles. The van der Waals surface area contributed by atoms with Crippen LogP contribution in [0, 0.1) is 0 Å². The molecule has 0 aromatic heterocycles. The van der Waals surface area contributed by atoms with Gasteiger partial charge in [0.05, 0.1) is 6.61 Å². The van der Waals surface area contributed by atoms with Crippen molar-refractivity contribution in [1.82, 2.24) is 10.2 Å². The molecule has 2 unspecified atom stereocenters. The minimum Gasteiger partial charge on any atom is -0.508 e. The van der Waals surface area contributed by atoms with Gasteiger partial charge in [0.1, 0.15) is 23.4 Å². The first kappa shape index (κ1) is 30.4. The first-order chi connectivity index (χ1) is 19.0. The molecule has 0 aliphatic carbocycles. The maximum absolute atomic E-state index is 13.9. The third kappa shape index (κ3) is 8.19. The van der Waals surface area contributed by atoms with E-state index in [1.807, 2.05) is 43.3 Å². The number of ether oxygens (including phenoxy) is 1. The fraction of sp³-hybridized carbons (Fsp3) is 0.387. The Morgan fingerprint density at radius 2 is 1.62 bits per heavy atom. The maximum atomic E-state index is 13.9. The van der Waals surface area contributed by atoms with E-state index in [9.17, 15) is 24.6 Å². The lowest BCUT2D eigenvalue weighted by atomic mass is 10.0. The normalized spacial score (nSPS) is 12.8. The summed E-state index contributed by atoms with van der Waals surface area (Å²) in [6.07, 6.45) is 1.35. The van der Waals surface area contributed by atoms with Crippen molar-refractivity contribution in [2.24, 2.45) is 0 Å². The third-order valence-electron chi connectivity index (χ3n) is 6.27. The van der Waals surface area contributed by atoms with Crippen LogP contribution >= 0.6 is 0 Å². The summed E-state index contributed by atoms with van der Waals surface area (Å²) >= 11 is 0. The Kier molecular flexibility index (Phi) is 10.5. The minimum absolute atomic E-state index is 0.156. The molecule has 0 radical (unpaired) electrons. The SMILES string of the molecule is CCCCCN(C(=O)C(CO)NC(=O)OC(C)(C)C)C(C(=O)Nc1ccc2ccccc2c1)c1ccccc1O. The van der Waals surface area contributed by atoms with Gasteiger partial charge in [0.25, 0.3) is 5.91 Å². The van der Waals surface area contributed by atoms with Crippen LogP contribution in [0.3, 0.4) is 0 Å². The molecule has 0 aliphatic rings. The summed E-state index contributed by atoms with van der Waals surface area (Å²) in [4.78, 5) is 41.5. The molecule has 9 nitrogen and oxygen atoms in total. The molecule has 3 rings (SSSR count). The van der Waals surface area contributed by atoms with E-state index >= 15 is 0 Å². The zero-order chi connectivity index (χ0) is 29.3. The van der Waals surface area contributed by atoms with Crippen LogP contribution in [0.1, 0.15) is 58.6 Å². The number of aliphatic hydroxyl groups is 1. The van der Waals surface area contributed by atoms with Gasteiger partial charge in [0.15, 0.2) is 0 Å². The Bertz CT molecular complexity index is 1320. The van der Waals surface area contributed by atoms with Crippen LogP contribution in [0.15, 0.2) is 66.7 Å². The quantitative estimate of drug-likeness (QED) is 0.246. The number of hydrogen-bond acceptors (Lipinski definition) is 6. The number of benzene rings is 3. The molecule has 214 valence electrons. The van der Waals surface area contributed by atoms with E-state index in [1.54, 1.807) is 45.0 Å². The average Bonchev–Trinajstić information content (AvgIpc) is 2.90. The highest BCUT2D eigenvalue weighted by Crippen LogP contribution is 2.31. The molecule has 0 aliphatic heterocycles. The molecule has 0 spiro atoms. The summed E-state index contributed by atoms with van der Waals surface area (Å²) in [6, 6.07) is 16.9. The molecule has 0 heterocycles. The molecule has 4 N–H and O–H groups in total. The third-order valence-corrected chi connectivity index (χ3v) is 6.27. The lowest BCUT2D eigenvalue weighted by Crippen LogP contribution is -2.54. The van der Waals surface area contributed by atoms with Crippen LogP contribution < -0.4 is 10.6 Å². The number of rotatable bonds is 11. The highest BCUT2D eigenvalue weighted by Gasteiger charge is 2.37. The molecule has 0 bridgehead atoms. The molecule has 40 heavy (non-hydrogen) atoms. The second-order valence-corrected chi connectivity index (χ2v) is 10.6. The van der Waals surface area contributed by atoms with Gasteiger partial charge in [-0.1, -0.05) is 68.3 Å². The van der Waals surface area contributed by atoms with Gasteiger partial charge in [0.2, 0.25) is 5.91 Å². The maximum Gasteiger partial charge on any atom is 0.408 e. The van der Waals surface area contributed by atoms with Crippen molar-refractivity contribution < 1.29 is 29.3 Å². The van der Waals surface area contributed by atoms with E-state index in [2.05, 4.69) is 10.6 Å². The number of carbonyl (C=O) groups excluding carboxylic acids is 3. The van der Waals surface area contributed by atoms with E-state index in [-0.39, 0.29) is 17.9 Å². The smallest absolute Gasteiger partial charge is 0.408 e. The number of anilines is 1. The second kappa shape index (κ2) is 13.8. The monoisotopic (exact) mass is 549 g/mol. The predicted octanol–water partition coefficient (Wildman–Crippen LogP) is 5.13. The van der Waals surface area contributed by atoms with E-state index in [0.717, 1.165) is 23.6 Å². The van der Waals surface area contributed by atoms with Gasteiger partial charge in [-0.3, -0.25) is 9.59 Å². The topological polar surface area (TPSA) is 128 Å². The number of nitrogens with one attached hydrogen (secondary N) is 2. The first-order valence-corrected chi connectivity index (χ1v) is 13.5. The van der Waals surface area contributed by atoms with Gasteiger partial charge < -0.3 is 30.5 Å². The van der Waals surface area contributed by atoms with Crippen LogP contribution in [0.2, 0.25) is 0 Å². The fourth-order valence-corrected chi connectivity index (χ4v) is 4.38. The van der Waals surface area contributed by atoms with E-state index in [0.29, 0.717) is 12.1 Å². The minimum atomic E-state index is -1.36. The Labute approximate surface area is 235 Å². The number of alkyl carbamates (subject to hydrolysis) is 1. The Morgan fingerprint density at radius 1 is 0.950 bits per heavy atom. The van der Waals surface area contributed by atoms with Gasteiger partial charge >= 0.3 is 6.09 Å².